The molecule has 1 fully saturated rings. The lowest BCUT2D eigenvalue weighted by molar-refractivity contribution is 0.102. The topological polar surface area (TPSA) is 66.1 Å². The standard InChI is InChI=1S/C15H19N3O2S/c1-9-12-14(20)16-11(8-18-6-4-3-5-7-18)17-15(12)21-13(9)10(2)19/h3-8H2,1-2H3,(H,16,17,20). The Labute approximate surface area is 127 Å². The van der Waals surface area contributed by atoms with E-state index in [9.17, 15) is 9.59 Å². The summed E-state index contributed by atoms with van der Waals surface area (Å²) in [5.74, 6) is 0.693. The normalized spacial score (nSPS) is 16.5. The number of Topliss-reactive ketones (excluding diaryl/α,β-unsaturated/α-hetero) is 1. The Bertz CT molecular complexity index is 741. The zero-order chi connectivity index (χ0) is 15.0. The van der Waals surface area contributed by atoms with Crippen LogP contribution in [0.4, 0.5) is 0 Å². The molecule has 5 nitrogen and oxygen atoms in total. The van der Waals surface area contributed by atoms with Crippen LogP contribution in [0, 0.1) is 6.92 Å². The summed E-state index contributed by atoms with van der Waals surface area (Å²) in [5, 5.41) is 0.563. The van der Waals surface area contributed by atoms with E-state index in [4.69, 9.17) is 0 Å². The van der Waals surface area contributed by atoms with Gasteiger partial charge in [0.05, 0.1) is 16.8 Å². The molecule has 0 amide bonds. The van der Waals surface area contributed by atoms with E-state index < -0.39 is 0 Å². The highest BCUT2D eigenvalue weighted by atomic mass is 32.1. The van der Waals surface area contributed by atoms with Gasteiger partial charge in [0, 0.05) is 0 Å². The summed E-state index contributed by atoms with van der Waals surface area (Å²) < 4.78 is 0. The number of nitrogens with zero attached hydrogens (tertiary/aromatic N) is 2. The maximum atomic E-state index is 12.3. The molecule has 1 aliphatic heterocycles. The third-order valence-electron chi connectivity index (χ3n) is 3.99. The van der Waals surface area contributed by atoms with Crippen molar-refractivity contribution in [1.82, 2.24) is 14.9 Å². The van der Waals surface area contributed by atoms with Crippen molar-refractivity contribution in [1.29, 1.82) is 0 Å². The maximum absolute atomic E-state index is 12.3. The van der Waals surface area contributed by atoms with E-state index in [0.29, 0.717) is 27.5 Å². The van der Waals surface area contributed by atoms with Crippen molar-refractivity contribution in [2.75, 3.05) is 13.1 Å². The van der Waals surface area contributed by atoms with Gasteiger partial charge in [-0.05, 0) is 45.3 Å². The fraction of sp³-hybridized carbons (Fsp3) is 0.533. The number of likely N-dealkylation sites (tertiary alicyclic amines) is 1. The van der Waals surface area contributed by atoms with Crippen LogP contribution in [0.15, 0.2) is 4.79 Å². The molecule has 0 aromatic carbocycles. The smallest absolute Gasteiger partial charge is 0.259 e. The Morgan fingerprint density at radius 3 is 2.71 bits per heavy atom. The second kappa shape index (κ2) is 5.69. The summed E-state index contributed by atoms with van der Waals surface area (Å²) in [6, 6.07) is 0. The number of carbonyl (C=O) groups is 1. The molecular weight excluding hydrogens is 286 g/mol. The summed E-state index contributed by atoms with van der Waals surface area (Å²) in [6.07, 6.45) is 3.70. The van der Waals surface area contributed by atoms with Crippen LogP contribution < -0.4 is 5.56 Å². The molecule has 6 heteroatoms. The number of fused-ring (bicyclic) bond motifs is 1. The Balaban J connectivity index is 1.98. The number of aromatic nitrogens is 2. The summed E-state index contributed by atoms with van der Waals surface area (Å²) in [6.45, 7) is 6.14. The fourth-order valence-electron chi connectivity index (χ4n) is 2.93. The molecule has 3 heterocycles. The number of hydrogen-bond donors (Lipinski definition) is 1. The molecule has 0 unspecified atom stereocenters. The molecule has 0 bridgehead atoms. The van der Waals surface area contributed by atoms with E-state index in [1.807, 2.05) is 6.92 Å². The molecule has 112 valence electrons. The number of hydrogen-bond acceptors (Lipinski definition) is 5. The minimum atomic E-state index is -0.131. The lowest BCUT2D eigenvalue weighted by atomic mass is 10.1. The van der Waals surface area contributed by atoms with E-state index in [-0.39, 0.29) is 11.3 Å². The molecule has 0 saturated carbocycles. The third-order valence-corrected chi connectivity index (χ3v) is 5.28. The van der Waals surface area contributed by atoms with E-state index in [1.54, 1.807) is 0 Å². The minimum Gasteiger partial charge on any atom is -0.309 e. The molecule has 0 spiro atoms. The number of nitrogens with one attached hydrogen (secondary N) is 1. The minimum absolute atomic E-state index is 0.00696. The molecule has 2 aromatic heterocycles. The molecule has 0 radical (unpaired) electrons. The first-order valence-corrected chi connectivity index (χ1v) is 8.13. The first-order chi connectivity index (χ1) is 10.1. The van der Waals surface area contributed by atoms with Crippen LogP contribution in [0.1, 0.15) is 47.2 Å². The lowest BCUT2D eigenvalue weighted by Crippen LogP contribution is -2.30. The zero-order valence-corrected chi connectivity index (χ0v) is 13.2. The fourth-order valence-corrected chi connectivity index (χ4v) is 4.02. The van der Waals surface area contributed by atoms with Crippen molar-refractivity contribution in [3.05, 3.63) is 26.6 Å². The SMILES string of the molecule is CC(=O)c1sc2nc(CN3CCCCC3)[nH]c(=O)c2c1C. The Kier molecular flexibility index (Phi) is 3.91. The first kappa shape index (κ1) is 14.4. The van der Waals surface area contributed by atoms with Crippen LogP contribution in [0.25, 0.3) is 10.2 Å². The van der Waals surface area contributed by atoms with Gasteiger partial charge in [0.2, 0.25) is 0 Å². The second-order valence-corrected chi connectivity index (χ2v) is 6.64. The van der Waals surface area contributed by atoms with Crippen LogP contribution in [-0.2, 0) is 6.54 Å². The number of piperidine rings is 1. The Morgan fingerprint density at radius 2 is 2.05 bits per heavy atom. The van der Waals surface area contributed by atoms with Crippen molar-refractivity contribution in [2.45, 2.75) is 39.7 Å². The van der Waals surface area contributed by atoms with Crippen LogP contribution in [0.2, 0.25) is 0 Å². The van der Waals surface area contributed by atoms with Gasteiger partial charge >= 0.3 is 0 Å². The summed E-state index contributed by atoms with van der Waals surface area (Å²) in [7, 11) is 0. The van der Waals surface area contributed by atoms with Crippen molar-refractivity contribution < 1.29 is 4.79 Å². The number of H-pyrrole nitrogens is 1. The zero-order valence-electron chi connectivity index (χ0n) is 12.4. The molecule has 3 rings (SSSR count). The van der Waals surface area contributed by atoms with E-state index in [1.165, 1.54) is 37.5 Å². The molecular formula is C15H19N3O2S. The molecule has 1 aliphatic rings. The van der Waals surface area contributed by atoms with Crippen LogP contribution in [0.5, 0.6) is 0 Å². The number of thiophene rings is 1. The van der Waals surface area contributed by atoms with Gasteiger partial charge in [-0.2, -0.15) is 0 Å². The van der Waals surface area contributed by atoms with Crippen LogP contribution in [-0.4, -0.2) is 33.7 Å². The molecule has 1 saturated heterocycles. The van der Waals surface area contributed by atoms with Gasteiger partial charge in [0.15, 0.2) is 5.78 Å². The maximum Gasteiger partial charge on any atom is 0.259 e. The number of ketones is 1. The van der Waals surface area contributed by atoms with Crippen LogP contribution >= 0.6 is 11.3 Å². The number of aromatic amines is 1. The highest BCUT2D eigenvalue weighted by molar-refractivity contribution is 7.20. The van der Waals surface area contributed by atoms with Gasteiger partial charge in [0.25, 0.3) is 5.56 Å². The highest BCUT2D eigenvalue weighted by Crippen LogP contribution is 2.27. The number of rotatable bonds is 3. The number of aryl methyl sites for hydroxylation is 1. The summed E-state index contributed by atoms with van der Waals surface area (Å²) in [5.41, 5.74) is 0.619. The van der Waals surface area contributed by atoms with Crippen molar-refractivity contribution >= 4 is 27.3 Å². The van der Waals surface area contributed by atoms with E-state index in [2.05, 4.69) is 14.9 Å². The van der Waals surface area contributed by atoms with Gasteiger partial charge in [-0.15, -0.1) is 11.3 Å². The van der Waals surface area contributed by atoms with Crippen molar-refractivity contribution in [3.63, 3.8) is 0 Å². The molecule has 0 atom stereocenters. The second-order valence-electron chi connectivity index (χ2n) is 5.64. The van der Waals surface area contributed by atoms with E-state index in [0.717, 1.165) is 18.7 Å². The largest absolute Gasteiger partial charge is 0.309 e. The van der Waals surface area contributed by atoms with Crippen molar-refractivity contribution in [2.24, 2.45) is 0 Å². The van der Waals surface area contributed by atoms with Gasteiger partial charge in [-0.25, -0.2) is 4.98 Å². The molecule has 0 aliphatic carbocycles. The first-order valence-electron chi connectivity index (χ1n) is 7.32. The van der Waals surface area contributed by atoms with Gasteiger partial charge in [-0.3, -0.25) is 14.5 Å². The monoisotopic (exact) mass is 305 g/mol. The third kappa shape index (κ3) is 2.78. The van der Waals surface area contributed by atoms with Gasteiger partial charge < -0.3 is 4.98 Å². The Hall–Kier alpha value is -1.53. The molecule has 2 aromatic rings. The Morgan fingerprint density at radius 1 is 1.33 bits per heavy atom. The lowest BCUT2D eigenvalue weighted by Gasteiger charge is -2.25. The van der Waals surface area contributed by atoms with Crippen LogP contribution in [0.3, 0.4) is 0 Å². The average Bonchev–Trinajstić information content (AvgIpc) is 2.77. The van der Waals surface area contributed by atoms with Crippen molar-refractivity contribution in [3.8, 4) is 0 Å². The summed E-state index contributed by atoms with van der Waals surface area (Å²) in [4.78, 5) is 35.0. The van der Waals surface area contributed by atoms with Gasteiger partial charge in [0.1, 0.15) is 10.7 Å². The molecule has 1 N–H and O–H groups in total. The predicted octanol–water partition coefficient (Wildman–Crippen LogP) is 2.48. The molecule has 21 heavy (non-hydrogen) atoms. The number of carbonyl (C=O) groups excluding carboxylic acids is 1. The summed E-state index contributed by atoms with van der Waals surface area (Å²) >= 11 is 1.32. The average molecular weight is 305 g/mol. The quantitative estimate of drug-likeness (QED) is 0.885. The van der Waals surface area contributed by atoms with Gasteiger partial charge in [-0.1, -0.05) is 6.42 Å². The van der Waals surface area contributed by atoms with E-state index >= 15 is 0 Å². The highest BCUT2D eigenvalue weighted by Gasteiger charge is 2.18. The predicted molar refractivity (Wildman–Crippen MR) is 84.1 cm³/mol.